The Kier molecular flexibility index (Phi) is 8.03. The molecular weight excluding hydrogens is 482 g/mol. The Hall–Kier alpha value is -3.72. The molecule has 3 atom stereocenters. The Morgan fingerprint density at radius 2 is 2.11 bits per heavy atom. The number of hydrogen-bond acceptors (Lipinski definition) is 6. The number of aryl methyl sites for hydroxylation is 1. The number of aliphatic carboxylic acids is 1. The fraction of sp³-hybridized carbons (Fsp3) is 0.448. The number of aromatic nitrogens is 3. The molecule has 1 N–H and O–H groups in total. The minimum absolute atomic E-state index is 0.0359. The summed E-state index contributed by atoms with van der Waals surface area (Å²) in [6.45, 7) is 4.65. The third kappa shape index (κ3) is 5.57. The zero-order valence-electron chi connectivity index (χ0n) is 21.8. The Morgan fingerprint density at radius 3 is 2.84 bits per heavy atom. The van der Waals surface area contributed by atoms with E-state index in [9.17, 15) is 14.7 Å². The summed E-state index contributed by atoms with van der Waals surface area (Å²) in [5, 5.41) is 10.4. The van der Waals surface area contributed by atoms with Crippen LogP contribution in [0.3, 0.4) is 0 Å². The van der Waals surface area contributed by atoms with Crippen LogP contribution in [0, 0.1) is 5.92 Å². The van der Waals surface area contributed by atoms with Gasteiger partial charge in [0.15, 0.2) is 0 Å². The number of carbonyl (C=O) groups excluding carboxylic acids is 1. The van der Waals surface area contributed by atoms with E-state index in [2.05, 4.69) is 27.9 Å². The summed E-state index contributed by atoms with van der Waals surface area (Å²) >= 11 is 0. The molecule has 1 fully saturated rings. The molecule has 1 saturated heterocycles. The van der Waals surface area contributed by atoms with Crippen molar-refractivity contribution in [3.8, 4) is 5.75 Å². The number of ether oxygens (including phenoxy) is 1. The van der Waals surface area contributed by atoms with Gasteiger partial charge in [-0.05, 0) is 42.2 Å². The van der Waals surface area contributed by atoms with Gasteiger partial charge in [-0.2, -0.15) is 0 Å². The van der Waals surface area contributed by atoms with E-state index in [1.54, 1.807) is 29.8 Å². The fourth-order valence-corrected chi connectivity index (χ4v) is 5.81. The quantitative estimate of drug-likeness (QED) is 0.415. The van der Waals surface area contributed by atoms with Crippen molar-refractivity contribution in [2.24, 2.45) is 5.92 Å². The number of likely N-dealkylation sites (tertiary alicyclic amines) is 1. The second kappa shape index (κ2) is 11.8. The smallest absolute Gasteiger partial charge is 0.308 e. The largest absolute Gasteiger partial charge is 0.493 e. The number of carboxylic acids is 1. The molecule has 4 heterocycles. The molecule has 9 nitrogen and oxygen atoms in total. The van der Waals surface area contributed by atoms with Crippen molar-refractivity contribution in [1.82, 2.24) is 19.4 Å². The first kappa shape index (κ1) is 25.9. The van der Waals surface area contributed by atoms with Gasteiger partial charge >= 0.3 is 5.97 Å². The molecule has 2 aliphatic rings. The maximum atomic E-state index is 13.7. The summed E-state index contributed by atoms with van der Waals surface area (Å²) in [4.78, 5) is 38.7. The number of pyridine rings is 1. The van der Waals surface area contributed by atoms with E-state index < -0.39 is 11.9 Å². The van der Waals surface area contributed by atoms with E-state index in [0.717, 1.165) is 41.8 Å². The second-order valence-electron chi connectivity index (χ2n) is 10.1. The molecule has 9 heteroatoms. The van der Waals surface area contributed by atoms with Crippen LogP contribution >= 0.6 is 0 Å². The molecule has 1 aromatic carbocycles. The first-order valence-corrected chi connectivity index (χ1v) is 13.4. The number of nitrogens with zero attached hydrogens (tertiary/aromatic N) is 5. The van der Waals surface area contributed by atoms with Crippen LogP contribution in [0.5, 0.6) is 5.75 Å². The number of carboxylic acid groups (broad SMARTS) is 1. The molecule has 0 aliphatic carbocycles. The molecule has 0 saturated carbocycles. The van der Waals surface area contributed by atoms with Crippen LogP contribution in [0.15, 0.2) is 61.4 Å². The third-order valence-corrected chi connectivity index (χ3v) is 7.75. The van der Waals surface area contributed by atoms with Gasteiger partial charge in [-0.3, -0.25) is 19.5 Å². The zero-order chi connectivity index (χ0) is 26.5. The van der Waals surface area contributed by atoms with Gasteiger partial charge in [-0.25, -0.2) is 4.98 Å². The number of benzene rings is 1. The normalized spacial score (nSPS) is 20.7. The minimum atomic E-state index is -0.826. The number of hydrogen-bond donors (Lipinski definition) is 1. The summed E-state index contributed by atoms with van der Waals surface area (Å²) in [6.07, 6.45) is 12.0. The van der Waals surface area contributed by atoms with Crippen molar-refractivity contribution in [3.63, 3.8) is 0 Å². The van der Waals surface area contributed by atoms with E-state index >= 15 is 0 Å². The van der Waals surface area contributed by atoms with Gasteiger partial charge in [0.1, 0.15) is 5.75 Å². The second-order valence-corrected chi connectivity index (χ2v) is 10.1. The lowest BCUT2D eigenvalue weighted by Crippen LogP contribution is -2.45. The average molecular weight is 518 g/mol. The first-order chi connectivity index (χ1) is 18.5. The standard InChI is InChI=1S/C29H35N5O4/c1-2-3-12-34(23-5-4-10-30-17-23)27(35)19-33-18-24(21-6-7-26-22(16-21)9-15-38-26)28(29(36)37)25(33)8-13-32-14-11-31-20-32/h4-7,10-11,14,16-17,20,24-25,28H,2-3,8-9,12-13,15,18-19H2,1H3,(H,36,37)/t24-,25+,28-/m1/s1. The Balaban J connectivity index is 1.43. The number of unbranched alkanes of at least 4 members (excludes halogenated alkanes) is 1. The summed E-state index contributed by atoms with van der Waals surface area (Å²) in [5.41, 5.74) is 2.89. The maximum Gasteiger partial charge on any atom is 0.308 e. The van der Waals surface area contributed by atoms with Gasteiger partial charge in [-0.15, -0.1) is 0 Å². The van der Waals surface area contributed by atoms with Crippen LogP contribution in [0.4, 0.5) is 5.69 Å². The van der Waals surface area contributed by atoms with E-state index in [4.69, 9.17) is 4.74 Å². The van der Waals surface area contributed by atoms with E-state index in [-0.39, 0.29) is 24.4 Å². The molecule has 0 bridgehead atoms. The van der Waals surface area contributed by atoms with Crippen LogP contribution in [0.1, 0.15) is 43.2 Å². The lowest BCUT2D eigenvalue weighted by atomic mass is 9.83. The average Bonchev–Trinajstić information content (AvgIpc) is 3.68. The van der Waals surface area contributed by atoms with Gasteiger partial charge in [0.25, 0.3) is 0 Å². The van der Waals surface area contributed by atoms with Crippen LogP contribution in [0.2, 0.25) is 0 Å². The van der Waals surface area contributed by atoms with Crippen LogP contribution in [-0.2, 0) is 22.6 Å². The van der Waals surface area contributed by atoms with Gasteiger partial charge in [0.2, 0.25) is 5.91 Å². The van der Waals surface area contributed by atoms with Crippen LogP contribution in [-0.4, -0.2) is 68.7 Å². The van der Waals surface area contributed by atoms with E-state index in [1.807, 2.05) is 35.0 Å². The number of fused-ring (bicyclic) bond motifs is 1. The van der Waals surface area contributed by atoms with Gasteiger partial charge in [-0.1, -0.05) is 25.5 Å². The summed E-state index contributed by atoms with van der Waals surface area (Å²) in [7, 11) is 0. The minimum Gasteiger partial charge on any atom is -0.493 e. The van der Waals surface area contributed by atoms with E-state index in [1.165, 1.54) is 0 Å². The topological polar surface area (TPSA) is 101 Å². The first-order valence-electron chi connectivity index (χ1n) is 13.4. The van der Waals surface area contributed by atoms with Gasteiger partial charge < -0.3 is 19.3 Å². The molecule has 2 aliphatic heterocycles. The van der Waals surface area contributed by atoms with E-state index in [0.29, 0.717) is 32.7 Å². The molecule has 0 unspecified atom stereocenters. The van der Waals surface area contributed by atoms with Crippen LogP contribution in [0.25, 0.3) is 0 Å². The number of anilines is 1. The van der Waals surface area contributed by atoms with Crippen molar-refractivity contribution in [2.75, 3.05) is 31.1 Å². The molecule has 200 valence electrons. The van der Waals surface area contributed by atoms with Crippen molar-refractivity contribution in [2.45, 2.75) is 51.1 Å². The van der Waals surface area contributed by atoms with Crippen LogP contribution < -0.4 is 9.64 Å². The predicted molar refractivity (Wildman–Crippen MR) is 143 cm³/mol. The molecule has 1 amide bonds. The molecule has 2 aromatic heterocycles. The number of amides is 1. The van der Waals surface area contributed by atoms with Crippen molar-refractivity contribution in [1.29, 1.82) is 0 Å². The third-order valence-electron chi connectivity index (χ3n) is 7.75. The fourth-order valence-electron chi connectivity index (χ4n) is 5.81. The molecule has 0 radical (unpaired) electrons. The zero-order valence-corrected chi connectivity index (χ0v) is 21.8. The maximum absolute atomic E-state index is 13.7. The Bertz CT molecular complexity index is 1230. The molecule has 38 heavy (non-hydrogen) atoms. The number of imidazole rings is 1. The van der Waals surface area contributed by atoms with Gasteiger partial charge in [0, 0.05) is 56.6 Å². The molecular formula is C29H35N5O4. The molecule has 3 aromatic rings. The lowest BCUT2D eigenvalue weighted by molar-refractivity contribution is -0.143. The predicted octanol–water partition coefficient (Wildman–Crippen LogP) is 3.61. The van der Waals surface area contributed by atoms with Crippen molar-refractivity contribution < 1.29 is 19.4 Å². The van der Waals surface area contributed by atoms with Crippen molar-refractivity contribution >= 4 is 17.6 Å². The van der Waals surface area contributed by atoms with Gasteiger partial charge in [0.05, 0.1) is 37.3 Å². The summed E-state index contributed by atoms with van der Waals surface area (Å²) in [5.74, 6) is -0.834. The van der Waals surface area contributed by atoms with Crippen molar-refractivity contribution in [3.05, 3.63) is 72.6 Å². The highest BCUT2D eigenvalue weighted by Gasteiger charge is 2.47. The number of rotatable bonds is 11. The molecule has 0 spiro atoms. The highest BCUT2D eigenvalue weighted by molar-refractivity contribution is 5.94. The highest BCUT2D eigenvalue weighted by atomic mass is 16.5. The highest BCUT2D eigenvalue weighted by Crippen LogP contribution is 2.41. The monoisotopic (exact) mass is 517 g/mol. The summed E-state index contributed by atoms with van der Waals surface area (Å²) in [6, 6.07) is 9.49. The SMILES string of the molecule is CCCCN(C(=O)CN1C[C@H](c2ccc3c(c2)CCO3)[C@@H](C(=O)O)[C@@H]1CCn1ccnc1)c1cccnc1. The number of carbonyl (C=O) groups is 2. The Labute approximate surface area is 223 Å². The Morgan fingerprint density at radius 1 is 1.21 bits per heavy atom. The molecule has 5 rings (SSSR count). The lowest BCUT2D eigenvalue weighted by Gasteiger charge is -2.29. The summed E-state index contributed by atoms with van der Waals surface area (Å²) < 4.78 is 7.64.